The van der Waals surface area contributed by atoms with Crippen LogP contribution in [0.25, 0.3) is 0 Å². The number of carbonyl (C=O) groups is 1. The topological polar surface area (TPSA) is 55.8 Å². The average Bonchev–Trinajstić information content (AvgIpc) is 2.27. The Hall–Kier alpha value is -1.07. The highest BCUT2D eigenvalue weighted by molar-refractivity contribution is 8.21. The van der Waals surface area contributed by atoms with Gasteiger partial charge in [0.05, 0.1) is 0 Å². The molecule has 0 radical (unpaired) electrons. The molecule has 0 amide bonds. The van der Waals surface area contributed by atoms with E-state index in [0.717, 1.165) is 11.0 Å². The first-order valence-corrected chi connectivity index (χ1v) is 5.82. The summed E-state index contributed by atoms with van der Waals surface area (Å²) < 4.78 is 10.6. The molecule has 80 valence electrons. The monoisotopic (exact) mass is 246 g/mol. The Morgan fingerprint density at radius 3 is 2.80 bits per heavy atom. The van der Waals surface area contributed by atoms with Gasteiger partial charge >= 0.3 is 5.97 Å². The van der Waals surface area contributed by atoms with Crippen molar-refractivity contribution >= 4 is 27.6 Å². The summed E-state index contributed by atoms with van der Waals surface area (Å²) in [6.07, 6.45) is 0. The standard InChI is InChI=1S/C9H7ClO4S/c10-15-5-3-6(9(11)12)8-7(4-5)13-1-2-14-8/h3-4H,1-2H2,(H,11,12). The van der Waals surface area contributed by atoms with Crippen molar-refractivity contribution in [3.63, 3.8) is 0 Å². The van der Waals surface area contributed by atoms with E-state index in [2.05, 4.69) is 0 Å². The molecule has 1 N–H and O–H groups in total. The van der Waals surface area contributed by atoms with Crippen LogP contribution >= 0.6 is 21.7 Å². The minimum Gasteiger partial charge on any atom is -0.486 e. The third kappa shape index (κ3) is 1.98. The molecule has 0 fully saturated rings. The minimum absolute atomic E-state index is 0.0790. The van der Waals surface area contributed by atoms with E-state index in [-0.39, 0.29) is 11.3 Å². The zero-order valence-corrected chi connectivity index (χ0v) is 9.10. The van der Waals surface area contributed by atoms with Crippen molar-refractivity contribution in [2.75, 3.05) is 13.2 Å². The first-order valence-electron chi connectivity index (χ1n) is 4.18. The Balaban J connectivity index is 2.55. The number of hydrogen-bond acceptors (Lipinski definition) is 4. The highest BCUT2D eigenvalue weighted by Crippen LogP contribution is 2.38. The molecule has 4 nitrogen and oxygen atoms in total. The van der Waals surface area contributed by atoms with Gasteiger partial charge in [-0.2, -0.15) is 0 Å². The molecule has 0 unspecified atom stereocenters. The summed E-state index contributed by atoms with van der Waals surface area (Å²) in [5, 5.41) is 8.97. The molecular formula is C9H7ClO4S. The van der Waals surface area contributed by atoms with Crippen LogP contribution in [0.1, 0.15) is 10.4 Å². The van der Waals surface area contributed by atoms with Gasteiger partial charge in [-0.15, -0.1) is 0 Å². The normalized spacial score (nSPS) is 13.7. The van der Waals surface area contributed by atoms with E-state index in [1.807, 2.05) is 0 Å². The lowest BCUT2D eigenvalue weighted by atomic mass is 10.2. The van der Waals surface area contributed by atoms with E-state index in [9.17, 15) is 4.79 Å². The van der Waals surface area contributed by atoms with Crippen molar-refractivity contribution in [3.05, 3.63) is 17.7 Å². The van der Waals surface area contributed by atoms with Gasteiger partial charge in [0.1, 0.15) is 18.8 Å². The van der Waals surface area contributed by atoms with Gasteiger partial charge < -0.3 is 14.6 Å². The van der Waals surface area contributed by atoms with E-state index in [4.69, 9.17) is 25.3 Å². The Labute approximate surface area is 94.6 Å². The zero-order valence-electron chi connectivity index (χ0n) is 7.53. The molecular weight excluding hydrogens is 240 g/mol. The summed E-state index contributed by atoms with van der Waals surface area (Å²) in [5.74, 6) is -0.336. The van der Waals surface area contributed by atoms with Gasteiger partial charge in [-0.3, -0.25) is 0 Å². The predicted octanol–water partition coefficient (Wildman–Crippen LogP) is 2.40. The lowest BCUT2D eigenvalue weighted by molar-refractivity contribution is 0.0685. The fourth-order valence-corrected chi connectivity index (χ4v) is 1.91. The van der Waals surface area contributed by atoms with Gasteiger partial charge in [0.25, 0.3) is 0 Å². The molecule has 1 aromatic carbocycles. The first-order chi connectivity index (χ1) is 7.22. The van der Waals surface area contributed by atoms with Crippen molar-refractivity contribution in [2.24, 2.45) is 0 Å². The zero-order chi connectivity index (χ0) is 10.8. The van der Waals surface area contributed by atoms with E-state index >= 15 is 0 Å². The second-order valence-corrected chi connectivity index (χ2v) is 3.97. The number of rotatable bonds is 2. The van der Waals surface area contributed by atoms with Crippen LogP contribution in [-0.4, -0.2) is 24.3 Å². The smallest absolute Gasteiger partial charge is 0.339 e. The van der Waals surface area contributed by atoms with Crippen LogP contribution in [-0.2, 0) is 0 Å². The molecule has 15 heavy (non-hydrogen) atoms. The SMILES string of the molecule is O=C(O)c1cc(SCl)cc2c1OCCO2. The molecule has 6 heteroatoms. The van der Waals surface area contributed by atoms with E-state index in [1.54, 1.807) is 6.07 Å². The molecule has 1 aromatic rings. The highest BCUT2D eigenvalue weighted by Gasteiger charge is 2.21. The fraction of sp³-hybridized carbons (Fsp3) is 0.222. The molecule has 0 saturated heterocycles. The van der Waals surface area contributed by atoms with Crippen molar-refractivity contribution < 1.29 is 19.4 Å². The van der Waals surface area contributed by atoms with Crippen LogP contribution in [0.5, 0.6) is 11.5 Å². The molecule has 2 rings (SSSR count). The summed E-state index contributed by atoms with van der Waals surface area (Å²) >= 11 is 0. The Bertz CT molecular complexity index is 407. The maximum atomic E-state index is 11.0. The van der Waals surface area contributed by atoms with Gasteiger partial charge in [0.2, 0.25) is 0 Å². The van der Waals surface area contributed by atoms with E-state index < -0.39 is 5.97 Å². The highest BCUT2D eigenvalue weighted by atomic mass is 35.7. The van der Waals surface area contributed by atoms with Crippen LogP contribution in [0.4, 0.5) is 0 Å². The fourth-order valence-electron chi connectivity index (χ4n) is 1.33. The van der Waals surface area contributed by atoms with Crippen molar-refractivity contribution in [1.82, 2.24) is 0 Å². The van der Waals surface area contributed by atoms with Crippen LogP contribution in [0, 0.1) is 0 Å². The average molecular weight is 247 g/mol. The molecule has 1 aliphatic heterocycles. The number of aromatic carboxylic acids is 1. The molecule has 1 heterocycles. The molecule has 0 aromatic heterocycles. The van der Waals surface area contributed by atoms with E-state index in [1.165, 1.54) is 6.07 Å². The maximum absolute atomic E-state index is 11.0. The summed E-state index contributed by atoms with van der Waals surface area (Å²) in [4.78, 5) is 11.6. The van der Waals surface area contributed by atoms with Gasteiger partial charge in [-0.05, 0) is 33.8 Å². The minimum atomic E-state index is -1.05. The molecule has 0 spiro atoms. The summed E-state index contributed by atoms with van der Waals surface area (Å²) in [6, 6.07) is 3.13. The second-order valence-electron chi connectivity index (χ2n) is 2.88. The van der Waals surface area contributed by atoms with Crippen LogP contribution in [0.3, 0.4) is 0 Å². The third-order valence-electron chi connectivity index (χ3n) is 1.94. The summed E-state index contributed by atoms with van der Waals surface area (Å²) in [6.45, 7) is 0.781. The number of halogens is 1. The summed E-state index contributed by atoms with van der Waals surface area (Å²) in [7, 11) is 6.52. The van der Waals surface area contributed by atoms with Gasteiger partial charge in [0.15, 0.2) is 11.5 Å². The van der Waals surface area contributed by atoms with Crippen molar-refractivity contribution in [1.29, 1.82) is 0 Å². The quantitative estimate of drug-likeness (QED) is 0.868. The lowest BCUT2D eigenvalue weighted by Crippen LogP contribution is -2.17. The molecule has 0 saturated carbocycles. The number of ether oxygens (including phenoxy) is 2. The van der Waals surface area contributed by atoms with Crippen molar-refractivity contribution in [2.45, 2.75) is 4.90 Å². The maximum Gasteiger partial charge on any atom is 0.339 e. The van der Waals surface area contributed by atoms with Gasteiger partial charge in [-0.25, -0.2) is 4.79 Å². The number of carboxylic acid groups (broad SMARTS) is 1. The van der Waals surface area contributed by atoms with Crippen LogP contribution in [0.2, 0.25) is 0 Å². The predicted molar refractivity (Wildman–Crippen MR) is 56.1 cm³/mol. The molecule has 0 aliphatic carbocycles. The Morgan fingerprint density at radius 1 is 1.40 bits per heavy atom. The molecule has 0 atom stereocenters. The summed E-state index contributed by atoms with van der Waals surface area (Å²) in [5.41, 5.74) is 0.0790. The van der Waals surface area contributed by atoms with Crippen LogP contribution < -0.4 is 9.47 Å². The number of carboxylic acids is 1. The Kier molecular flexibility index (Phi) is 2.93. The second kappa shape index (κ2) is 4.20. The molecule has 1 aliphatic rings. The molecule has 0 bridgehead atoms. The van der Waals surface area contributed by atoms with Crippen molar-refractivity contribution in [3.8, 4) is 11.5 Å². The van der Waals surface area contributed by atoms with Gasteiger partial charge in [-0.1, -0.05) is 0 Å². The lowest BCUT2D eigenvalue weighted by Gasteiger charge is -2.20. The van der Waals surface area contributed by atoms with Gasteiger partial charge in [0, 0.05) is 4.90 Å². The van der Waals surface area contributed by atoms with Crippen LogP contribution in [0.15, 0.2) is 17.0 Å². The Morgan fingerprint density at radius 2 is 2.13 bits per heavy atom. The largest absolute Gasteiger partial charge is 0.486 e. The number of fused-ring (bicyclic) bond motifs is 1. The third-order valence-corrected chi connectivity index (χ3v) is 2.88. The van der Waals surface area contributed by atoms with E-state index in [0.29, 0.717) is 23.9 Å². The number of benzene rings is 1. The first kappa shape index (κ1) is 10.4. The number of hydrogen-bond donors (Lipinski definition) is 1.